The van der Waals surface area contributed by atoms with Crippen LogP contribution in [0.3, 0.4) is 0 Å². The standard InChI is InChI=1S/C11H21NO/c1-9(2)8-11(13)5-4-10(3)6-7-12/h8,10H,4-7,12H2,1-3H3. The summed E-state index contributed by atoms with van der Waals surface area (Å²) in [5.74, 6) is 0.809. The molecule has 76 valence electrons. The van der Waals surface area contributed by atoms with E-state index >= 15 is 0 Å². The second-order valence-electron chi connectivity index (χ2n) is 3.91. The third-order valence-electron chi connectivity index (χ3n) is 1.99. The van der Waals surface area contributed by atoms with Crippen LogP contribution in [-0.2, 0) is 4.79 Å². The Morgan fingerprint density at radius 1 is 1.38 bits per heavy atom. The molecular formula is C11H21NO. The molecule has 0 bridgehead atoms. The van der Waals surface area contributed by atoms with E-state index in [1.165, 1.54) is 0 Å². The quantitative estimate of drug-likeness (QED) is 0.642. The molecule has 0 aromatic rings. The first kappa shape index (κ1) is 12.4. The monoisotopic (exact) mass is 183 g/mol. The zero-order chi connectivity index (χ0) is 10.3. The fourth-order valence-corrected chi connectivity index (χ4v) is 1.21. The van der Waals surface area contributed by atoms with Crippen LogP contribution in [0.1, 0.15) is 40.0 Å². The van der Waals surface area contributed by atoms with Gasteiger partial charge in [0.15, 0.2) is 5.78 Å². The van der Waals surface area contributed by atoms with Crippen LogP contribution < -0.4 is 5.73 Å². The van der Waals surface area contributed by atoms with Crippen LogP contribution in [0.5, 0.6) is 0 Å². The molecule has 0 aliphatic rings. The number of hydrogen-bond acceptors (Lipinski definition) is 2. The summed E-state index contributed by atoms with van der Waals surface area (Å²) in [6.45, 7) is 6.75. The molecule has 1 unspecified atom stereocenters. The number of carbonyl (C=O) groups excluding carboxylic acids is 1. The molecule has 0 rings (SSSR count). The molecule has 0 aromatic heterocycles. The largest absolute Gasteiger partial charge is 0.330 e. The van der Waals surface area contributed by atoms with Crippen molar-refractivity contribution < 1.29 is 4.79 Å². The molecule has 0 spiro atoms. The lowest BCUT2D eigenvalue weighted by Gasteiger charge is -2.07. The maximum atomic E-state index is 11.3. The number of rotatable bonds is 6. The highest BCUT2D eigenvalue weighted by Gasteiger charge is 2.03. The number of nitrogens with two attached hydrogens (primary N) is 1. The highest BCUT2D eigenvalue weighted by molar-refractivity contribution is 5.90. The average Bonchev–Trinajstić information content (AvgIpc) is 2.00. The van der Waals surface area contributed by atoms with Gasteiger partial charge in [0.05, 0.1) is 0 Å². The molecule has 2 nitrogen and oxygen atoms in total. The van der Waals surface area contributed by atoms with E-state index < -0.39 is 0 Å². The molecule has 0 aliphatic heterocycles. The van der Waals surface area contributed by atoms with Crippen LogP contribution in [0.4, 0.5) is 0 Å². The second kappa shape index (κ2) is 6.84. The first-order valence-electron chi connectivity index (χ1n) is 4.94. The predicted octanol–water partition coefficient (Wildman–Crippen LogP) is 2.29. The van der Waals surface area contributed by atoms with E-state index in [1.807, 2.05) is 13.8 Å². The number of ketones is 1. The van der Waals surface area contributed by atoms with Crippen molar-refractivity contribution in [1.29, 1.82) is 0 Å². The van der Waals surface area contributed by atoms with Crippen LogP contribution in [0.25, 0.3) is 0 Å². The molecule has 2 N–H and O–H groups in total. The maximum Gasteiger partial charge on any atom is 0.155 e. The van der Waals surface area contributed by atoms with Gasteiger partial charge in [0, 0.05) is 6.42 Å². The average molecular weight is 183 g/mol. The van der Waals surface area contributed by atoms with Crippen molar-refractivity contribution in [1.82, 2.24) is 0 Å². The molecule has 0 aromatic carbocycles. The van der Waals surface area contributed by atoms with Gasteiger partial charge < -0.3 is 5.73 Å². The van der Waals surface area contributed by atoms with Crippen molar-refractivity contribution in [2.75, 3.05) is 6.54 Å². The lowest BCUT2D eigenvalue weighted by Crippen LogP contribution is -2.07. The summed E-state index contributed by atoms with van der Waals surface area (Å²) in [6.07, 6.45) is 4.35. The summed E-state index contributed by atoms with van der Waals surface area (Å²) in [4.78, 5) is 11.3. The Hall–Kier alpha value is -0.630. The smallest absolute Gasteiger partial charge is 0.155 e. The normalized spacial score (nSPS) is 12.3. The van der Waals surface area contributed by atoms with Gasteiger partial charge in [0.1, 0.15) is 0 Å². The summed E-state index contributed by atoms with van der Waals surface area (Å²) in [6, 6.07) is 0. The Labute approximate surface area is 81.2 Å². The fourth-order valence-electron chi connectivity index (χ4n) is 1.21. The van der Waals surface area contributed by atoms with Gasteiger partial charge in [-0.1, -0.05) is 12.5 Å². The molecule has 2 heteroatoms. The summed E-state index contributed by atoms with van der Waals surface area (Å²) in [5, 5.41) is 0. The number of allylic oxidation sites excluding steroid dienone is 2. The number of hydrogen-bond donors (Lipinski definition) is 1. The summed E-state index contributed by atoms with van der Waals surface area (Å²) in [7, 11) is 0. The van der Waals surface area contributed by atoms with Crippen molar-refractivity contribution in [2.24, 2.45) is 11.7 Å². The Morgan fingerprint density at radius 2 is 2.00 bits per heavy atom. The topological polar surface area (TPSA) is 43.1 Å². The summed E-state index contributed by atoms with van der Waals surface area (Å²) in [5.41, 5.74) is 6.50. The van der Waals surface area contributed by atoms with E-state index in [0.29, 0.717) is 12.3 Å². The third kappa shape index (κ3) is 7.72. The van der Waals surface area contributed by atoms with E-state index in [1.54, 1.807) is 6.08 Å². The molecule has 0 aliphatic carbocycles. The van der Waals surface area contributed by atoms with Crippen molar-refractivity contribution in [2.45, 2.75) is 40.0 Å². The minimum absolute atomic E-state index is 0.240. The Balaban J connectivity index is 3.64. The Kier molecular flexibility index (Phi) is 6.51. The van der Waals surface area contributed by atoms with E-state index in [9.17, 15) is 4.79 Å². The van der Waals surface area contributed by atoms with Gasteiger partial charge in [-0.2, -0.15) is 0 Å². The lowest BCUT2D eigenvalue weighted by molar-refractivity contribution is -0.114. The molecule has 0 saturated carbocycles. The van der Waals surface area contributed by atoms with Gasteiger partial charge in [-0.25, -0.2) is 0 Å². The zero-order valence-corrected chi connectivity index (χ0v) is 8.97. The molecular weight excluding hydrogens is 162 g/mol. The highest BCUT2D eigenvalue weighted by Crippen LogP contribution is 2.09. The van der Waals surface area contributed by atoms with Crippen LogP contribution in [0, 0.1) is 5.92 Å². The van der Waals surface area contributed by atoms with Crippen LogP contribution in [0.15, 0.2) is 11.6 Å². The first-order valence-corrected chi connectivity index (χ1v) is 4.94. The minimum Gasteiger partial charge on any atom is -0.330 e. The van der Waals surface area contributed by atoms with Gasteiger partial charge in [0.2, 0.25) is 0 Å². The summed E-state index contributed by atoms with van der Waals surface area (Å²) < 4.78 is 0. The van der Waals surface area contributed by atoms with Crippen molar-refractivity contribution in [3.05, 3.63) is 11.6 Å². The van der Waals surface area contributed by atoms with Crippen LogP contribution in [-0.4, -0.2) is 12.3 Å². The highest BCUT2D eigenvalue weighted by atomic mass is 16.1. The van der Waals surface area contributed by atoms with Gasteiger partial charge in [-0.05, 0) is 45.2 Å². The maximum absolute atomic E-state index is 11.3. The predicted molar refractivity (Wildman–Crippen MR) is 56.5 cm³/mol. The Bertz CT molecular complexity index is 181. The van der Waals surface area contributed by atoms with E-state index in [2.05, 4.69) is 6.92 Å². The van der Waals surface area contributed by atoms with E-state index in [4.69, 9.17) is 5.73 Å². The van der Waals surface area contributed by atoms with Crippen molar-refractivity contribution >= 4 is 5.78 Å². The SMILES string of the molecule is CC(C)=CC(=O)CCC(C)CCN. The van der Waals surface area contributed by atoms with Gasteiger partial charge in [0.25, 0.3) is 0 Å². The summed E-state index contributed by atoms with van der Waals surface area (Å²) >= 11 is 0. The van der Waals surface area contributed by atoms with E-state index in [0.717, 1.165) is 25.0 Å². The van der Waals surface area contributed by atoms with Gasteiger partial charge in [-0.3, -0.25) is 4.79 Å². The fraction of sp³-hybridized carbons (Fsp3) is 0.727. The van der Waals surface area contributed by atoms with Gasteiger partial charge in [-0.15, -0.1) is 0 Å². The zero-order valence-electron chi connectivity index (χ0n) is 8.97. The molecule has 0 fully saturated rings. The second-order valence-corrected chi connectivity index (χ2v) is 3.91. The van der Waals surface area contributed by atoms with Crippen LogP contribution in [0.2, 0.25) is 0 Å². The molecule has 0 amide bonds. The minimum atomic E-state index is 0.240. The molecule has 0 saturated heterocycles. The Morgan fingerprint density at radius 3 is 2.46 bits per heavy atom. The first-order chi connectivity index (χ1) is 6.06. The molecule has 0 heterocycles. The lowest BCUT2D eigenvalue weighted by atomic mass is 10.00. The molecule has 13 heavy (non-hydrogen) atoms. The molecule has 1 atom stereocenters. The van der Waals surface area contributed by atoms with Gasteiger partial charge >= 0.3 is 0 Å². The van der Waals surface area contributed by atoms with E-state index in [-0.39, 0.29) is 5.78 Å². The van der Waals surface area contributed by atoms with Crippen molar-refractivity contribution in [3.8, 4) is 0 Å². The molecule has 0 radical (unpaired) electrons. The van der Waals surface area contributed by atoms with Crippen LogP contribution >= 0.6 is 0 Å². The third-order valence-corrected chi connectivity index (χ3v) is 1.99. The van der Waals surface area contributed by atoms with Crippen molar-refractivity contribution in [3.63, 3.8) is 0 Å². The number of carbonyl (C=O) groups is 1.